The zero-order valence-electron chi connectivity index (χ0n) is 10.5. The average molecular weight is 256 g/mol. The first-order chi connectivity index (χ1) is 9.13. The van der Waals surface area contributed by atoms with Gasteiger partial charge in [0.2, 0.25) is 0 Å². The summed E-state index contributed by atoms with van der Waals surface area (Å²) in [7, 11) is 0. The predicted molar refractivity (Wildman–Crippen MR) is 74.5 cm³/mol. The lowest BCUT2D eigenvalue weighted by Crippen LogP contribution is -2.12. The zero-order chi connectivity index (χ0) is 13.7. The molecule has 0 atom stereocenters. The zero-order valence-corrected chi connectivity index (χ0v) is 10.5. The molecule has 0 aliphatic rings. The highest BCUT2D eigenvalue weighted by Crippen LogP contribution is 2.16. The third-order valence-electron chi connectivity index (χ3n) is 2.66. The number of hydrogen-bond acceptors (Lipinski definition) is 3. The minimum Gasteiger partial charge on any atom is -0.508 e. The minimum atomic E-state index is 0.151. The second-order valence-corrected chi connectivity index (χ2v) is 4.30. The van der Waals surface area contributed by atoms with Crippen LogP contribution in [-0.2, 0) is 13.0 Å². The lowest BCUT2D eigenvalue weighted by Gasteiger charge is -2.07. The van der Waals surface area contributed by atoms with E-state index in [0.717, 1.165) is 16.9 Å². The van der Waals surface area contributed by atoms with E-state index in [1.54, 1.807) is 12.1 Å². The maximum Gasteiger partial charge on any atom is 0.119 e. The first-order valence-corrected chi connectivity index (χ1v) is 5.96. The summed E-state index contributed by atoms with van der Waals surface area (Å²) in [6.07, 6.45) is 0.457. The fraction of sp³-hybridized carbons (Fsp3) is 0.133. The standard InChI is InChI=1S/C15H16N2O2/c16-15(17)9-11-3-7-14(8-4-11)19-10-12-1-5-13(18)6-2-12/h1-8,18H,9-10H2,(H3,16,17). The first-order valence-electron chi connectivity index (χ1n) is 5.96. The van der Waals surface area contributed by atoms with Crippen LogP contribution in [-0.4, -0.2) is 10.9 Å². The van der Waals surface area contributed by atoms with Crippen molar-refractivity contribution >= 4 is 5.84 Å². The molecule has 2 aromatic carbocycles. The number of nitrogens with two attached hydrogens (primary N) is 1. The Hall–Kier alpha value is -2.49. The van der Waals surface area contributed by atoms with Crippen molar-refractivity contribution < 1.29 is 9.84 Å². The Morgan fingerprint density at radius 3 is 2.16 bits per heavy atom. The molecule has 0 radical (unpaired) electrons. The molecule has 0 saturated carbocycles. The van der Waals surface area contributed by atoms with Crippen LogP contribution in [0.1, 0.15) is 11.1 Å². The highest BCUT2D eigenvalue weighted by atomic mass is 16.5. The molecule has 4 N–H and O–H groups in total. The van der Waals surface area contributed by atoms with Crippen molar-refractivity contribution in [1.29, 1.82) is 5.41 Å². The molecule has 0 fully saturated rings. The molecule has 2 rings (SSSR count). The summed E-state index contributed by atoms with van der Waals surface area (Å²) >= 11 is 0. The third kappa shape index (κ3) is 4.03. The summed E-state index contributed by atoms with van der Waals surface area (Å²) in [5.74, 6) is 1.16. The van der Waals surface area contributed by atoms with E-state index in [0.29, 0.717) is 13.0 Å². The Morgan fingerprint density at radius 1 is 1.00 bits per heavy atom. The van der Waals surface area contributed by atoms with Crippen LogP contribution in [0.2, 0.25) is 0 Å². The molecule has 2 aromatic rings. The number of ether oxygens (including phenoxy) is 1. The number of phenolic OH excluding ortho intramolecular Hbond substituents is 1. The van der Waals surface area contributed by atoms with Crippen LogP contribution in [0, 0.1) is 5.41 Å². The summed E-state index contributed by atoms with van der Waals surface area (Å²) in [5, 5.41) is 16.4. The Kier molecular flexibility index (Phi) is 4.03. The molecule has 0 unspecified atom stereocenters. The molecule has 0 heterocycles. The van der Waals surface area contributed by atoms with Gasteiger partial charge in [-0.25, -0.2) is 0 Å². The molecule has 0 saturated heterocycles. The number of hydrogen-bond donors (Lipinski definition) is 3. The number of rotatable bonds is 5. The maximum atomic E-state index is 9.18. The molecule has 0 spiro atoms. The second-order valence-electron chi connectivity index (χ2n) is 4.30. The van der Waals surface area contributed by atoms with Gasteiger partial charge in [0.05, 0.1) is 5.84 Å². The van der Waals surface area contributed by atoms with E-state index >= 15 is 0 Å². The molecule has 0 bridgehead atoms. The van der Waals surface area contributed by atoms with Crippen molar-refractivity contribution in [2.75, 3.05) is 0 Å². The normalized spacial score (nSPS) is 10.1. The van der Waals surface area contributed by atoms with Gasteiger partial charge in [-0.3, -0.25) is 5.41 Å². The topological polar surface area (TPSA) is 79.3 Å². The van der Waals surface area contributed by atoms with Gasteiger partial charge in [0.1, 0.15) is 18.1 Å². The molecule has 0 aliphatic carbocycles. The van der Waals surface area contributed by atoms with E-state index in [4.69, 9.17) is 15.9 Å². The van der Waals surface area contributed by atoms with Gasteiger partial charge >= 0.3 is 0 Å². The van der Waals surface area contributed by atoms with Crippen LogP contribution in [0.5, 0.6) is 11.5 Å². The fourth-order valence-electron chi connectivity index (χ4n) is 1.68. The number of amidine groups is 1. The van der Waals surface area contributed by atoms with Gasteiger partial charge in [0.15, 0.2) is 0 Å². The van der Waals surface area contributed by atoms with Crippen LogP contribution in [0.15, 0.2) is 48.5 Å². The van der Waals surface area contributed by atoms with Crippen molar-refractivity contribution in [3.8, 4) is 11.5 Å². The number of nitrogens with one attached hydrogen (secondary N) is 1. The monoisotopic (exact) mass is 256 g/mol. The van der Waals surface area contributed by atoms with Gasteiger partial charge in [-0.1, -0.05) is 24.3 Å². The van der Waals surface area contributed by atoms with Crippen molar-refractivity contribution in [2.24, 2.45) is 5.73 Å². The summed E-state index contributed by atoms with van der Waals surface area (Å²) < 4.78 is 5.63. The largest absolute Gasteiger partial charge is 0.508 e. The Bertz CT molecular complexity index is 547. The van der Waals surface area contributed by atoms with E-state index in [-0.39, 0.29) is 11.6 Å². The Labute approximate surface area is 112 Å². The van der Waals surface area contributed by atoms with Crippen LogP contribution in [0.3, 0.4) is 0 Å². The van der Waals surface area contributed by atoms with Gasteiger partial charge in [-0.05, 0) is 35.4 Å². The number of aromatic hydroxyl groups is 1. The third-order valence-corrected chi connectivity index (χ3v) is 2.66. The van der Waals surface area contributed by atoms with E-state index < -0.39 is 0 Å². The second kappa shape index (κ2) is 5.91. The summed E-state index contributed by atoms with van der Waals surface area (Å²) in [5.41, 5.74) is 7.32. The van der Waals surface area contributed by atoms with Crippen molar-refractivity contribution in [2.45, 2.75) is 13.0 Å². The lowest BCUT2D eigenvalue weighted by atomic mass is 10.1. The van der Waals surface area contributed by atoms with Crippen molar-refractivity contribution in [3.63, 3.8) is 0 Å². The van der Waals surface area contributed by atoms with Gasteiger partial charge < -0.3 is 15.6 Å². The highest BCUT2D eigenvalue weighted by Gasteiger charge is 1.99. The van der Waals surface area contributed by atoms with Crippen LogP contribution in [0.25, 0.3) is 0 Å². The summed E-state index contributed by atoms with van der Waals surface area (Å²) in [6.45, 7) is 0.451. The Balaban J connectivity index is 1.92. The Morgan fingerprint density at radius 2 is 1.58 bits per heavy atom. The molecule has 0 aromatic heterocycles. The van der Waals surface area contributed by atoms with Crippen LogP contribution >= 0.6 is 0 Å². The van der Waals surface area contributed by atoms with Crippen LogP contribution < -0.4 is 10.5 Å². The van der Waals surface area contributed by atoms with Crippen molar-refractivity contribution in [3.05, 3.63) is 59.7 Å². The molecular formula is C15H16N2O2. The van der Waals surface area contributed by atoms with E-state index in [1.165, 1.54) is 0 Å². The van der Waals surface area contributed by atoms with Crippen molar-refractivity contribution in [1.82, 2.24) is 0 Å². The lowest BCUT2D eigenvalue weighted by molar-refractivity contribution is 0.306. The highest BCUT2D eigenvalue weighted by molar-refractivity contribution is 5.79. The maximum absolute atomic E-state index is 9.18. The van der Waals surface area contributed by atoms with Gasteiger partial charge in [0.25, 0.3) is 0 Å². The molecule has 4 heteroatoms. The van der Waals surface area contributed by atoms with E-state index in [2.05, 4.69) is 0 Å². The summed E-state index contributed by atoms with van der Waals surface area (Å²) in [4.78, 5) is 0. The average Bonchev–Trinajstić information content (AvgIpc) is 2.39. The minimum absolute atomic E-state index is 0.151. The molecule has 4 nitrogen and oxygen atoms in total. The van der Waals surface area contributed by atoms with Gasteiger partial charge in [0, 0.05) is 6.42 Å². The molecule has 19 heavy (non-hydrogen) atoms. The number of benzene rings is 2. The van der Waals surface area contributed by atoms with Crippen LogP contribution in [0.4, 0.5) is 0 Å². The van der Waals surface area contributed by atoms with E-state index in [9.17, 15) is 5.11 Å². The first kappa shape index (κ1) is 13.0. The van der Waals surface area contributed by atoms with Gasteiger partial charge in [-0.2, -0.15) is 0 Å². The molecule has 0 amide bonds. The number of phenols is 1. The smallest absolute Gasteiger partial charge is 0.119 e. The molecule has 0 aliphatic heterocycles. The SMILES string of the molecule is N=C(N)Cc1ccc(OCc2ccc(O)cc2)cc1. The van der Waals surface area contributed by atoms with E-state index in [1.807, 2.05) is 36.4 Å². The summed E-state index contributed by atoms with van der Waals surface area (Å²) in [6, 6.07) is 14.4. The fourth-order valence-corrected chi connectivity index (χ4v) is 1.68. The quantitative estimate of drug-likeness (QED) is 0.568. The molecule has 98 valence electrons. The predicted octanol–water partition coefficient (Wildman–Crippen LogP) is 2.45. The molecular weight excluding hydrogens is 240 g/mol. The van der Waals surface area contributed by atoms with Gasteiger partial charge in [-0.15, -0.1) is 0 Å².